The van der Waals surface area contributed by atoms with Crippen molar-refractivity contribution in [3.63, 3.8) is 0 Å². The van der Waals surface area contributed by atoms with Crippen LogP contribution in [-0.2, 0) is 4.79 Å². The Balaban J connectivity index is 1.58. The van der Waals surface area contributed by atoms with Crippen LogP contribution in [0.1, 0.15) is 49.4 Å². The molecule has 2 amide bonds. The van der Waals surface area contributed by atoms with Crippen LogP contribution in [0.3, 0.4) is 0 Å². The molecule has 2 atom stereocenters. The fraction of sp³-hybridized carbons (Fsp3) is 0.579. The number of carbonyl (C=O) groups is 2. The number of carbonyl (C=O) groups excluding carboxylic acids is 2. The minimum Gasteiger partial charge on any atom is -0.353 e. The fourth-order valence-corrected chi connectivity index (χ4v) is 3.52. The second kappa shape index (κ2) is 7.32. The minimum atomic E-state index is -0.335. The lowest BCUT2D eigenvalue weighted by atomic mass is 9.81. The SMILES string of the molecule is CC[C@H]1CN(C(=O)c2ccc(F)cc2)CC[C@H]1CC(=O)NC1CC1. The molecule has 0 unspecified atom stereocenters. The average molecular weight is 332 g/mol. The van der Waals surface area contributed by atoms with Gasteiger partial charge in [0.05, 0.1) is 0 Å². The number of likely N-dealkylation sites (tertiary alicyclic amines) is 1. The van der Waals surface area contributed by atoms with Crippen LogP contribution in [0.4, 0.5) is 4.39 Å². The predicted molar refractivity (Wildman–Crippen MR) is 90.0 cm³/mol. The van der Waals surface area contributed by atoms with Crippen LogP contribution in [0.25, 0.3) is 0 Å². The smallest absolute Gasteiger partial charge is 0.253 e. The molecule has 1 aliphatic heterocycles. The van der Waals surface area contributed by atoms with Gasteiger partial charge in [0.2, 0.25) is 5.91 Å². The molecule has 5 heteroatoms. The molecule has 130 valence electrons. The average Bonchev–Trinajstić information content (AvgIpc) is 3.39. The van der Waals surface area contributed by atoms with Gasteiger partial charge in [-0.3, -0.25) is 9.59 Å². The van der Waals surface area contributed by atoms with Crippen molar-refractivity contribution in [3.8, 4) is 0 Å². The highest BCUT2D eigenvalue weighted by Crippen LogP contribution is 2.30. The Hall–Kier alpha value is -1.91. The molecule has 1 heterocycles. The molecule has 1 aliphatic carbocycles. The van der Waals surface area contributed by atoms with E-state index < -0.39 is 0 Å². The molecule has 3 rings (SSSR count). The van der Waals surface area contributed by atoms with E-state index in [1.54, 1.807) is 0 Å². The molecule has 0 spiro atoms. The zero-order valence-corrected chi connectivity index (χ0v) is 14.1. The van der Waals surface area contributed by atoms with E-state index in [4.69, 9.17) is 0 Å². The van der Waals surface area contributed by atoms with Crippen LogP contribution in [-0.4, -0.2) is 35.8 Å². The first kappa shape index (κ1) is 16.9. The molecule has 1 N–H and O–H groups in total. The van der Waals surface area contributed by atoms with E-state index in [1.807, 2.05) is 4.90 Å². The Morgan fingerprint density at radius 2 is 1.88 bits per heavy atom. The monoisotopic (exact) mass is 332 g/mol. The third-order valence-electron chi connectivity index (χ3n) is 5.18. The second-order valence-electron chi connectivity index (χ2n) is 7.02. The molecule has 1 saturated heterocycles. The molecular formula is C19H25FN2O2. The van der Waals surface area contributed by atoms with Crippen molar-refractivity contribution in [1.82, 2.24) is 10.2 Å². The van der Waals surface area contributed by atoms with Gasteiger partial charge in [-0.2, -0.15) is 0 Å². The number of nitrogens with one attached hydrogen (secondary N) is 1. The van der Waals surface area contributed by atoms with Crippen LogP contribution in [0.15, 0.2) is 24.3 Å². The summed E-state index contributed by atoms with van der Waals surface area (Å²) in [6.45, 7) is 3.45. The molecule has 1 saturated carbocycles. The highest BCUT2D eigenvalue weighted by molar-refractivity contribution is 5.94. The van der Waals surface area contributed by atoms with Crippen LogP contribution < -0.4 is 5.32 Å². The highest BCUT2D eigenvalue weighted by Gasteiger charge is 2.33. The van der Waals surface area contributed by atoms with E-state index in [2.05, 4.69) is 12.2 Å². The number of piperidine rings is 1. The molecule has 2 fully saturated rings. The van der Waals surface area contributed by atoms with Gasteiger partial charge in [0.25, 0.3) is 5.91 Å². The summed E-state index contributed by atoms with van der Waals surface area (Å²) in [6.07, 6.45) is 4.58. The number of nitrogens with zero attached hydrogens (tertiary/aromatic N) is 1. The maximum Gasteiger partial charge on any atom is 0.253 e. The molecule has 24 heavy (non-hydrogen) atoms. The van der Waals surface area contributed by atoms with Crippen LogP contribution in [0.2, 0.25) is 0 Å². The lowest BCUT2D eigenvalue weighted by Crippen LogP contribution is -2.45. The van der Waals surface area contributed by atoms with E-state index in [0.29, 0.717) is 43.0 Å². The number of rotatable bonds is 5. The lowest BCUT2D eigenvalue weighted by Gasteiger charge is -2.38. The van der Waals surface area contributed by atoms with E-state index in [9.17, 15) is 14.0 Å². The molecule has 4 nitrogen and oxygen atoms in total. The summed E-state index contributed by atoms with van der Waals surface area (Å²) in [5.41, 5.74) is 0.524. The first-order valence-corrected chi connectivity index (χ1v) is 8.91. The number of hydrogen-bond acceptors (Lipinski definition) is 2. The lowest BCUT2D eigenvalue weighted by molar-refractivity contribution is -0.123. The van der Waals surface area contributed by atoms with Gasteiger partial charge in [-0.1, -0.05) is 13.3 Å². The predicted octanol–water partition coefficient (Wildman–Crippen LogP) is 2.98. The van der Waals surface area contributed by atoms with Gasteiger partial charge in [-0.15, -0.1) is 0 Å². The molecule has 1 aromatic rings. The first-order chi connectivity index (χ1) is 11.6. The van der Waals surface area contributed by atoms with Crippen LogP contribution >= 0.6 is 0 Å². The van der Waals surface area contributed by atoms with Gasteiger partial charge < -0.3 is 10.2 Å². The van der Waals surface area contributed by atoms with Crippen molar-refractivity contribution in [2.45, 2.75) is 45.1 Å². The van der Waals surface area contributed by atoms with Crippen molar-refractivity contribution in [2.24, 2.45) is 11.8 Å². The highest BCUT2D eigenvalue weighted by atomic mass is 19.1. The summed E-state index contributed by atoms with van der Waals surface area (Å²) in [5.74, 6) is 0.450. The number of benzene rings is 1. The normalized spacial score (nSPS) is 23.8. The number of hydrogen-bond donors (Lipinski definition) is 1. The Morgan fingerprint density at radius 1 is 1.17 bits per heavy atom. The van der Waals surface area contributed by atoms with Gasteiger partial charge >= 0.3 is 0 Å². The second-order valence-corrected chi connectivity index (χ2v) is 7.02. The summed E-state index contributed by atoms with van der Waals surface area (Å²) in [6, 6.07) is 6.11. The fourth-order valence-electron chi connectivity index (χ4n) is 3.52. The third-order valence-corrected chi connectivity index (χ3v) is 5.18. The molecule has 1 aromatic carbocycles. The third kappa shape index (κ3) is 4.13. The molecular weight excluding hydrogens is 307 g/mol. The standard InChI is InChI=1S/C19H25FN2O2/c1-2-13-12-22(19(24)14-3-5-16(20)6-4-14)10-9-15(13)11-18(23)21-17-7-8-17/h3-6,13,15,17H,2,7-12H2,1H3,(H,21,23)/t13-,15-/m0/s1. The maximum absolute atomic E-state index is 13.0. The summed E-state index contributed by atoms with van der Waals surface area (Å²) in [5, 5.41) is 3.06. The summed E-state index contributed by atoms with van der Waals surface area (Å²) < 4.78 is 13.0. The number of amides is 2. The molecule has 0 aromatic heterocycles. The van der Waals surface area contributed by atoms with Crippen molar-refractivity contribution >= 4 is 11.8 Å². The first-order valence-electron chi connectivity index (χ1n) is 8.91. The van der Waals surface area contributed by atoms with Crippen molar-refractivity contribution in [2.75, 3.05) is 13.1 Å². The Labute approximate surface area is 142 Å². The topological polar surface area (TPSA) is 49.4 Å². The summed E-state index contributed by atoms with van der Waals surface area (Å²) >= 11 is 0. The van der Waals surface area contributed by atoms with Crippen molar-refractivity contribution in [3.05, 3.63) is 35.6 Å². The summed E-state index contributed by atoms with van der Waals surface area (Å²) in [4.78, 5) is 26.5. The zero-order chi connectivity index (χ0) is 17.1. The Morgan fingerprint density at radius 3 is 2.50 bits per heavy atom. The van der Waals surface area contributed by atoms with Gasteiger partial charge in [0, 0.05) is 31.1 Å². The van der Waals surface area contributed by atoms with Crippen molar-refractivity contribution in [1.29, 1.82) is 0 Å². The van der Waals surface area contributed by atoms with Gasteiger partial charge in [0.1, 0.15) is 5.82 Å². The van der Waals surface area contributed by atoms with E-state index >= 15 is 0 Å². The van der Waals surface area contributed by atoms with E-state index in [-0.39, 0.29) is 17.6 Å². The summed E-state index contributed by atoms with van der Waals surface area (Å²) in [7, 11) is 0. The number of halogens is 1. The maximum atomic E-state index is 13.0. The molecule has 0 bridgehead atoms. The van der Waals surface area contributed by atoms with Gasteiger partial charge in [0.15, 0.2) is 0 Å². The van der Waals surface area contributed by atoms with E-state index in [0.717, 1.165) is 25.7 Å². The Kier molecular flexibility index (Phi) is 5.17. The minimum absolute atomic E-state index is 0.0469. The van der Waals surface area contributed by atoms with Crippen LogP contribution in [0, 0.1) is 17.7 Å². The quantitative estimate of drug-likeness (QED) is 0.901. The van der Waals surface area contributed by atoms with Gasteiger partial charge in [-0.25, -0.2) is 4.39 Å². The molecule has 2 aliphatic rings. The van der Waals surface area contributed by atoms with Crippen molar-refractivity contribution < 1.29 is 14.0 Å². The van der Waals surface area contributed by atoms with E-state index in [1.165, 1.54) is 24.3 Å². The largest absolute Gasteiger partial charge is 0.353 e. The van der Waals surface area contributed by atoms with Crippen LogP contribution in [0.5, 0.6) is 0 Å². The molecule has 0 radical (unpaired) electrons. The zero-order valence-electron chi connectivity index (χ0n) is 14.1. The van der Waals surface area contributed by atoms with Gasteiger partial charge in [-0.05, 0) is 55.4 Å². The Bertz CT molecular complexity index is 598.